The number of imidazole rings is 1. The van der Waals surface area contributed by atoms with Crippen LogP contribution in [-0.4, -0.2) is 15.5 Å². The van der Waals surface area contributed by atoms with Crippen molar-refractivity contribution >= 4 is 11.7 Å². The molecule has 7 nitrogen and oxygen atoms in total. The second-order valence-electron chi connectivity index (χ2n) is 5.14. The van der Waals surface area contributed by atoms with Crippen molar-refractivity contribution in [2.24, 2.45) is 5.84 Å². The minimum absolute atomic E-state index is 0.0936. The van der Waals surface area contributed by atoms with Gasteiger partial charge in [-0.3, -0.25) is 10.2 Å². The van der Waals surface area contributed by atoms with E-state index in [0.29, 0.717) is 17.8 Å². The Morgan fingerprint density at radius 2 is 2.32 bits per heavy atom. The Morgan fingerprint density at radius 3 is 2.86 bits per heavy atom. The molecule has 0 saturated heterocycles. The summed E-state index contributed by atoms with van der Waals surface area (Å²) in [6, 6.07) is 1.98. The molecule has 1 aliphatic carbocycles. The Morgan fingerprint density at radius 1 is 1.64 bits per heavy atom. The van der Waals surface area contributed by atoms with E-state index in [1.54, 1.807) is 17.6 Å². The molecule has 1 heterocycles. The van der Waals surface area contributed by atoms with Gasteiger partial charge >= 0.3 is 0 Å². The number of rotatable bonds is 3. The number of hydrogen-bond donors (Lipinski definition) is 3. The molecular weight excluding hydrogens is 280 g/mol. The first-order valence-electron chi connectivity index (χ1n) is 6.73. The van der Waals surface area contributed by atoms with Gasteiger partial charge in [0.25, 0.3) is 5.91 Å². The largest absolute Gasteiger partial charge is 0.383 e. The number of nitrogen functional groups attached to an aromatic ring is 2. The first-order valence-corrected chi connectivity index (χ1v) is 6.73. The van der Waals surface area contributed by atoms with Gasteiger partial charge in [-0.2, -0.15) is 5.26 Å². The summed E-state index contributed by atoms with van der Waals surface area (Å²) >= 11 is 0. The number of aryl methyl sites for hydroxylation is 1. The minimum Gasteiger partial charge on any atom is -0.383 e. The molecule has 1 aromatic rings. The molecule has 0 spiro atoms. The van der Waals surface area contributed by atoms with Gasteiger partial charge in [0.05, 0.1) is 12.1 Å². The highest BCUT2D eigenvalue weighted by Gasteiger charge is 2.27. The number of hydrogen-bond acceptors (Lipinski definition) is 5. The average Bonchev–Trinajstić information content (AvgIpc) is 2.80. The second-order valence-corrected chi connectivity index (χ2v) is 5.14. The highest BCUT2D eigenvalue weighted by Crippen LogP contribution is 2.35. The third-order valence-electron chi connectivity index (χ3n) is 3.64. The molecule has 1 atom stereocenters. The molecule has 0 aliphatic heterocycles. The van der Waals surface area contributed by atoms with Crippen LogP contribution in [0.2, 0.25) is 0 Å². The van der Waals surface area contributed by atoms with Crippen molar-refractivity contribution in [2.75, 3.05) is 5.73 Å². The molecule has 0 saturated carbocycles. The van der Waals surface area contributed by atoms with Gasteiger partial charge in [-0.1, -0.05) is 18.2 Å². The van der Waals surface area contributed by atoms with Crippen molar-refractivity contribution < 1.29 is 4.79 Å². The summed E-state index contributed by atoms with van der Waals surface area (Å²) in [5, 5.41) is 9.06. The zero-order chi connectivity index (χ0) is 16.4. The first kappa shape index (κ1) is 15.5. The number of nitriles is 1. The van der Waals surface area contributed by atoms with Crippen LogP contribution in [0.3, 0.4) is 0 Å². The second kappa shape index (κ2) is 5.87. The van der Waals surface area contributed by atoms with E-state index in [9.17, 15) is 4.79 Å². The van der Waals surface area contributed by atoms with E-state index >= 15 is 0 Å². The topological polar surface area (TPSA) is 123 Å². The number of nitrogens with zero attached hydrogens (tertiary/aromatic N) is 3. The Hall–Kier alpha value is -2.85. The van der Waals surface area contributed by atoms with Crippen molar-refractivity contribution in [3.63, 3.8) is 0 Å². The molecule has 1 unspecified atom stereocenters. The molecule has 1 amide bonds. The predicted molar refractivity (Wildman–Crippen MR) is 83.3 cm³/mol. The van der Waals surface area contributed by atoms with E-state index < -0.39 is 5.91 Å². The van der Waals surface area contributed by atoms with Gasteiger partial charge in [-0.15, -0.1) is 0 Å². The number of amides is 1. The number of aromatic nitrogens is 2. The molecular formula is C15H18N6O. The summed E-state index contributed by atoms with van der Waals surface area (Å²) in [5.41, 5.74) is 10.5. The fourth-order valence-electron chi connectivity index (χ4n) is 2.61. The Balaban J connectivity index is 2.53. The van der Waals surface area contributed by atoms with Crippen LogP contribution in [0.25, 0.3) is 0 Å². The van der Waals surface area contributed by atoms with Crippen LogP contribution in [0.15, 0.2) is 35.5 Å². The Bertz CT molecular complexity index is 747. The number of hydrazine groups is 1. The molecule has 7 heteroatoms. The lowest BCUT2D eigenvalue weighted by atomic mass is 9.90. The van der Waals surface area contributed by atoms with Gasteiger partial charge in [0.1, 0.15) is 11.6 Å². The summed E-state index contributed by atoms with van der Waals surface area (Å²) in [5.74, 6) is 5.45. The lowest BCUT2D eigenvalue weighted by Gasteiger charge is -2.26. The van der Waals surface area contributed by atoms with Gasteiger partial charge in [0, 0.05) is 5.57 Å². The van der Waals surface area contributed by atoms with Crippen molar-refractivity contribution in [1.29, 1.82) is 5.26 Å². The fraction of sp³-hybridized carbons (Fsp3) is 0.267. The predicted octanol–water partition coefficient (Wildman–Crippen LogP) is 1.27. The maximum Gasteiger partial charge on any atom is 0.287 e. The number of allylic oxidation sites excluding steroid dienone is 5. The molecule has 2 rings (SSSR count). The van der Waals surface area contributed by atoms with Crippen LogP contribution in [0.1, 0.15) is 35.7 Å². The quantitative estimate of drug-likeness (QED) is 0.440. The SMILES string of the molecule is C=C(C)C1=CC(C#N)=CCC1n1c(C)nc(C(=O)NN)c1N. The van der Waals surface area contributed by atoms with Crippen molar-refractivity contribution in [2.45, 2.75) is 26.3 Å². The van der Waals surface area contributed by atoms with E-state index in [1.165, 1.54) is 0 Å². The highest BCUT2D eigenvalue weighted by atomic mass is 16.2. The average molecular weight is 298 g/mol. The number of nitrogens with one attached hydrogen (secondary N) is 1. The maximum absolute atomic E-state index is 11.7. The highest BCUT2D eigenvalue weighted by molar-refractivity contribution is 5.96. The standard InChI is InChI=1S/C15H18N6O/c1-8(2)11-6-10(7-16)4-5-12(11)21-9(3)19-13(14(21)17)15(22)20-18/h4,6,12H,1,5,17-18H2,2-3H3,(H,20,22). The third-order valence-corrected chi connectivity index (χ3v) is 3.64. The number of anilines is 1. The monoisotopic (exact) mass is 298 g/mol. The van der Waals surface area contributed by atoms with Gasteiger partial charge in [-0.05, 0) is 31.9 Å². The van der Waals surface area contributed by atoms with E-state index in [0.717, 1.165) is 11.1 Å². The number of carbonyl (C=O) groups excluding carboxylic acids is 1. The van der Waals surface area contributed by atoms with Gasteiger partial charge in [0.2, 0.25) is 0 Å². The molecule has 1 aromatic heterocycles. The van der Waals surface area contributed by atoms with Crippen molar-refractivity contribution in [1.82, 2.24) is 15.0 Å². The zero-order valence-corrected chi connectivity index (χ0v) is 12.6. The van der Waals surface area contributed by atoms with Crippen LogP contribution >= 0.6 is 0 Å². The van der Waals surface area contributed by atoms with Crippen LogP contribution in [0, 0.1) is 18.3 Å². The molecule has 5 N–H and O–H groups in total. The molecule has 0 aromatic carbocycles. The smallest absolute Gasteiger partial charge is 0.287 e. The Labute approximate surface area is 128 Å². The molecule has 0 bridgehead atoms. The van der Waals surface area contributed by atoms with Crippen molar-refractivity contribution in [3.8, 4) is 6.07 Å². The van der Waals surface area contributed by atoms with E-state index in [-0.39, 0.29) is 17.6 Å². The Kier molecular flexibility index (Phi) is 4.15. The first-order chi connectivity index (χ1) is 10.4. The summed E-state index contributed by atoms with van der Waals surface area (Å²) < 4.78 is 1.77. The van der Waals surface area contributed by atoms with Crippen LogP contribution < -0.4 is 17.0 Å². The van der Waals surface area contributed by atoms with Gasteiger partial charge in [0.15, 0.2) is 5.69 Å². The summed E-state index contributed by atoms with van der Waals surface area (Å²) in [6.45, 7) is 7.60. The maximum atomic E-state index is 11.7. The van der Waals surface area contributed by atoms with Gasteiger partial charge in [-0.25, -0.2) is 10.8 Å². The van der Waals surface area contributed by atoms with E-state index in [4.69, 9.17) is 16.8 Å². The van der Waals surface area contributed by atoms with E-state index in [1.807, 2.05) is 18.4 Å². The van der Waals surface area contributed by atoms with Crippen LogP contribution in [0.4, 0.5) is 5.82 Å². The lowest BCUT2D eigenvalue weighted by molar-refractivity contribution is 0.0950. The molecule has 114 valence electrons. The van der Waals surface area contributed by atoms with Crippen LogP contribution in [-0.2, 0) is 0 Å². The number of nitrogens with two attached hydrogens (primary N) is 2. The molecule has 22 heavy (non-hydrogen) atoms. The lowest BCUT2D eigenvalue weighted by Crippen LogP contribution is -2.31. The molecule has 0 fully saturated rings. The summed E-state index contributed by atoms with van der Waals surface area (Å²) in [7, 11) is 0. The van der Waals surface area contributed by atoms with Gasteiger partial charge < -0.3 is 10.3 Å². The number of carbonyl (C=O) groups is 1. The normalized spacial score (nSPS) is 17.3. The van der Waals surface area contributed by atoms with E-state index in [2.05, 4.69) is 17.6 Å². The molecule has 1 aliphatic rings. The minimum atomic E-state index is -0.538. The fourth-order valence-corrected chi connectivity index (χ4v) is 2.61. The van der Waals surface area contributed by atoms with Crippen LogP contribution in [0.5, 0.6) is 0 Å². The summed E-state index contributed by atoms with van der Waals surface area (Å²) in [6.07, 6.45) is 4.20. The van der Waals surface area contributed by atoms with Crippen molar-refractivity contribution in [3.05, 3.63) is 47.0 Å². The third kappa shape index (κ3) is 2.52. The molecule has 0 radical (unpaired) electrons. The zero-order valence-electron chi connectivity index (χ0n) is 12.6. The summed E-state index contributed by atoms with van der Waals surface area (Å²) in [4.78, 5) is 15.9.